The summed E-state index contributed by atoms with van der Waals surface area (Å²) < 4.78 is 6.06. The second-order valence-corrected chi connectivity index (χ2v) is 6.57. The van der Waals surface area contributed by atoms with Gasteiger partial charge >= 0.3 is 0 Å². The molecule has 26 heavy (non-hydrogen) atoms. The van der Waals surface area contributed by atoms with Gasteiger partial charge in [0.05, 0.1) is 0 Å². The van der Waals surface area contributed by atoms with E-state index in [4.69, 9.17) is 4.74 Å². The Labute approximate surface area is 152 Å². The standard InChI is InChI=1S/C25H18O/c1-2-8-18(9-3-1)17-26-19-14-15-24-22-12-5-4-10-20(22)21-11-6-7-13-23(21)25(24)16-19/h1-16H,17H2. The second-order valence-electron chi connectivity index (χ2n) is 6.57. The average molecular weight is 334 g/mol. The van der Waals surface area contributed by atoms with E-state index in [1.165, 1.54) is 37.9 Å². The van der Waals surface area contributed by atoms with Gasteiger partial charge in [-0.25, -0.2) is 0 Å². The Kier molecular flexibility index (Phi) is 3.57. The molecule has 0 aromatic heterocycles. The SMILES string of the molecule is c1ccc(COc2ccc3c4ccccc4c4ccccc4c3c2)cc1. The molecule has 0 amide bonds. The first-order valence-corrected chi connectivity index (χ1v) is 8.90. The predicted octanol–water partition coefficient (Wildman–Crippen LogP) is 6.73. The van der Waals surface area contributed by atoms with E-state index in [1.54, 1.807) is 0 Å². The first kappa shape index (κ1) is 15.0. The Morgan fingerprint density at radius 1 is 0.462 bits per heavy atom. The highest BCUT2D eigenvalue weighted by Gasteiger charge is 2.09. The van der Waals surface area contributed by atoms with Crippen LogP contribution in [0, 0.1) is 0 Å². The van der Waals surface area contributed by atoms with Gasteiger partial charge in [-0.15, -0.1) is 0 Å². The number of fused-ring (bicyclic) bond motifs is 6. The minimum atomic E-state index is 0.581. The summed E-state index contributed by atoms with van der Waals surface area (Å²) in [4.78, 5) is 0. The van der Waals surface area contributed by atoms with E-state index in [1.807, 2.05) is 18.2 Å². The van der Waals surface area contributed by atoms with E-state index >= 15 is 0 Å². The summed E-state index contributed by atoms with van der Waals surface area (Å²) >= 11 is 0. The Bertz CT molecular complexity index is 1190. The predicted molar refractivity (Wildman–Crippen MR) is 110 cm³/mol. The first-order chi connectivity index (χ1) is 12.9. The minimum Gasteiger partial charge on any atom is -0.489 e. The maximum atomic E-state index is 6.06. The summed E-state index contributed by atoms with van der Waals surface area (Å²) in [7, 11) is 0. The molecule has 0 aliphatic carbocycles. The molecular weight excluding hydrogens is 316 g/mol. The number of benzene rings is 5. The smallest absolute Gasteiger partial charge is 0.120 e. The zero-order chi connectivity index (χ0) is 17.3. The molecule has 0 bridgehead atoms. The van der Waals surface area contributed by atoms with Crippen LogP contribution in [0.25, 0.3) is 32.3 Å². The molecule has 0 aliphatic rings. The van der Waals surface area contributed by atoms with Gasteiger partial charge in [-0.1, -0.05) is 84.9 Å². The molecule has 5 aromatic carbocycles. The van der Waals surface area contributed by atoms with Crippen LogP contribution in [-0.4, -0.2) is 0 Å². The number of hydrogen-bond donors (Lipinski definition) is 0. The van der Waals surface area contributed by atoms with Gasteiger partial charge in [0.1, 0.15) is 12.4 Å². The van der Waals surface area contributed by atoms with Gasteiger partial charge in [-0.2, -0.15) is 0 Å². The van der Waals surface area contributed by atoms with Gasteiger partial charge in [-0.3, -0.25) is 0 Å². The van der Waals surface area contributed by atoms with Crippen molar-refractivity contribution in [1.82, 2.24) is 0 Å². The fourth-order valence-corrected chi connectivity index (χ4v) is 3.72. The van der Waals surface area contributed by atoms with Crippen LogP contribution in [0.1, 0.15) is 5.56 Å². The molecule has 0 heterocycles. The van der Waals surface area contributed by atoms with Crippen LogP contribution in [0.2, 0.25) is 0 Å². The lowest BCUT2D eigenvalue weighted by Crippen LogP contribution is -1.95. The normalized spacial score (nSPS) is 11.2. The molecule has 0 fully saturated rings. The topological polar surface area (TPSA) is 9.23 Å². The molecule has 5 rings (SSSR count). The van der Waals surface area contributed by atoms with Gasteiger partial charge in [0, 0.05) is 0 Å². The van der Waals surface area contributed by atoms with Crippen molar-refractivity contribution in [2.75, 3.05) is 0 Å². The maximum absolute atomic E-state index is 6.06. The molecule has 0 N–H and O–H groups in total. The van der Waals surface area contributed by atoms with Crippen molar-refractivity contribution in [3.05, 3.63) is 103 Å². The maximum Gasteiger partial charge on any atom is 0.120 e. The Balaban J connectivity index is 1.68. The molecule has 0 radical (unpaired) electrons. The van der Waals surface area contributed by atoms with E-state index in [9.17, 15) is 0 Å². The number of ether oxygens (including phenoxy) is 1. The third-order valence-corrected chi connectivity index (χ3v) is 4.96. The summed E-state index contributed by atoms with van der Waals surface area (Å²) in [5, 5.41) is 7.66. The van der Waals surface area contributed by atoms with E-state index in [0.717, 1.165) is 5.75 Å². The number of hydrogen-bond acceptors (Lipinski definition) is 1. The molecule has 124 valence electrons. The molecule has 0 spiro atoms. The highest BCUT2D eigenvalue weighted by molar-refractivity contribution is 6.25. The van der Waals surface area contributed by atoms with Gasteiger partial charge < -0.3 is 4.74 Å². The van der Waals surface area contributed by atoms with Gasteiger partial charge in [-0.05, 0) is 50.0 Å². The van der Waals surface area contributed by atoms with Gasteiger partial charge in [0.2, 0.25) is 0 Å². The Hall–Kier alpha value is -3.32. The lowest BCUT2D eigenvalue weighted by Gasteiger charge is -2.12. The first-order valence-electron chi connectivity index (χ1n) is 8.90. The third kappa shape index (κ3) is 2.49. The fourth-order valence-electron chi connectivity index (χ4n) is 3.72. The van der Waals surface area contributed by atoms with Crippen LogP contribution in [0.4, 0.5) is 0 Å². The summed E-state index contributed by atoms with van der Waals surface area (Å²) in [6.07, 6.45) is 0. The van der Waals surface area contributed by atoms with Crippen molar-refractivity contribution >= 4 is 32.3 Å². The fraction of sp³-hybridized carbons (Fsp3) is 0.0400. The zero-order valence-electron chi connectivity index (χ0n) is 14.4. The van der Waals surface area contributed by atoms with Crippen LogP contribution in [0.15, 0.2) is 97.1 Å². The second kappa shape index (κ2) is 6.20. The summed E-state index contributed by atoms with van der Waals surface area (Å²) in [6, 6.07) is 34.0. The monoisotopic (exact) mass is 334 g/mol. The van der Waals surface area contributed by atoms with E-state index < -0.39 is 0 Å². The number of rotatable bonds is 3. The van der Waals surface area contributed by atoms with Crippen LogP contribution in [0.5, 0.6) is 5.75 Å². The zero-order valence-corrected chi connectivity index (χ0v) is 14.4. The van der Waals surface area contributed by atoms with Crippen LogP contribution in [-0.2, 0) is 6.61 Å². The summed E-state index contributed by atoms with van der Waals surface area (Å²) in [5.74, 6) is 0.904. The lowest BCUT2D eigenvalue weighted by molar-refractivity contribution is 0.306. The van der Waals surface area contributed by atoms with Crippen molar-refractivity contribution in [1.29, 1.82) is 0 Å². The summed E-state index contributed by atoms with van der Waals surface area (Å²) in [5.41, 5.74) is 1.18. The average Bonchev–Trinajstić information content (AvgIpc) is 2.73. The molecule has 0 unspecified atom stereocenters. The highest BCUT2D eigenvalue weighted by Crippen LogP contribution is 2.36. The van der Waals surface area contributed by atoms with Gasteiger partial charge in [0.15, 0.2) is 0 Å². The summed E-state index contributed by atoms with van der Waals surface area (Å²) in [6.45, 7) is 0.581. The Morgan fingerprint density at radius 3 is 1.58 bits per heavy atom. The van der Waals surface area contributed by atoms with Crippen molar-refractivity contribution < 1.29 is 4.74 Å². The molecule has 0 saturated carbocycles. The molecular formula is C25H18O. The van der Waals surface area contributed by atoms with Crippen LogP contribution in [0.3, 0.4) is 0 Å². The molecule has 0 atom stereocenters. The van der Waals surface area contributed by atoms with E-state index in [0.29, 0.717) is 6.61 Å². The molecule has 0 saturated heterocycles. The molecule has 0 aliphatic heterocycles. The van der Waals surface area contributed by atoms with Crippen LogP contribution >= 0.6 is 0 Å². The largest absolute Gasteiger partial charge is 0.489 e. The van der Waals surface area contributed by atoms with Crippen LogP contribution < -0.4 is 4.74 Å². The molecule has 1 nitrogen and oxygen atoms in total. The van der Waals surface area contributed by atoms with E-state index in [-0.39, 0.29) is 0 Å². The molecule has 5 aromatic rings. The van der Waals surface area contributed by atoms with Crippen molar-refractivity contribution in [3.63, 3.8) is 0 Å². The van der Waals surface area contributed by atoms with Crippen molar-refractivity contribution in [2.45, 2.75) is 6.61 Å². The Morgan fingerprint density at radius 2 is 0.962 bits per heavy atom. The van der Waals surface area contributed by atoms with E-state index in [2.05, 4.69) is 78.9 Å². The van der Waals surface area contributed by atoms with Crippen molar-refractivity contribution in [3.8, 4) is 5.75 Å². The third-order valence-electron chi connectivity index (χ3n) is 4.96. The highest BCUT2D eigenvalue weighted by atomic mass is 16.5. The lowest BCUT2D eigenvalue weighted by atomic mass is 9.94. The van der Waals surface area contributed by atoms with Gasteiger partial charge in [0.25, 0.3) is 0 Å². The molecule has 1 heteroatoms. The quantitative estimate of drug-likeness (QED) is 0.333. The van der Waals surface area contributed by atoms with Crippen molar-refractivity contribution in [2.24, 2.45) is 0 Å². The minimum absolute atomic E-state index is 0.581.